The van der Waals surface area contributed by atoms with Crippen molar-refractivity contribution in [2.45, 2.75) is 85.0 Å². The number of aryl methyl sites for hydroxylation is 3. The maximum atomic E-state index is 11.1. The molecule has 0 fully saturated rings. The van der Waals surface area contributed by atoms with Crippen molar-refractivity contribution >= 4 is 5.91 Å². The summed E-state index contributed by atoms with van der Waals surface area (Å²) in [7, 11) is 2.15. The van der Waals surface area contributed by atoms with Crippen LogP contribution in [-0.4, -0.2) is 63.6 Å². The average Bonchev–Trinajstić information content (AvgIpc) is 3.41. The average molecular weight is 553 g/mol. The molecule has 218 valence electrons. The normalized spacial score (nSPS) is 13.0. The number of unbranched alkanes of at least 4 members (excludes halogenated alkanes) is 1. The molecule has 2 aromatic carbocycles. The van der Waals surface area contributed by atoms with Gasteiger partial charge in [-0.15, -0.1) is 0 Å². The molecule has 1 amide bonds. The summed E-state index contributed by atoms with van der Waals surface area (Å²) in [5.74, 6) is 0.747. The Bertz CT molecular complexity index is 1260. The molecule has 0 aliphatic rings. The molecular formula is C31H44N4O5. The zero-order valence-electron chi connectivity index (χ0n) is 24.4. The predicted octanol–water partition coefficient (Wildman–Crippen LogP) is 4.43. The van der Waals surface area contributed by atoms with Crippen LogP contribution in [0.3, 0.4) is 0 Å². The Morgan fingerprint density at radius 1 is 1.07 bits per heavy atom. The maximum absolute atomic E-state index is 11.1. The number of benzene rings is 2. The first-order chi connectivity index (χ1) is 19.1. The summed E-state index contributed by atoms with van der Waals surface area (Å²) in [6.45, 7) is 10.2. The molecule has 0 bridgehead atoms. The van der Waals surface area contributed by atoms with E-state index in [-0.39, 0.29) is 13.0 Å². The molecule has 0 saturated heterocycles. The minimum atomic E-state index is -1.42. The molecule has 1 heterocycles. The van der Waals surface area contributed by atoms with Gasteiger partial charge in [-0.25, -0.2) is 0 Å². The van der Waals surface area contributed by atoms with Crippen LogP contribution in [0.15, 0.2) is 34.9 Å². The van der Waals surface area contributed by atoms with Gasteiger partial charge in [0.2, 0.25) is 11.7 Å². The number of aliphatic hydroxyl groups excluding tert-OH is 2. The first-order valence-corrected chi connectivity index (χ1v) is 14.2. The fraction of sp³-hybridized carbons (Fsp3) is 0.516. The highest BCUT2D eigenvalue weighted by Crippen LogP contribution is 2.32. The van der Waals surface area contributed by atoms with E-state index in [1.807, 2.05) is 26.0 Å². The largest absolute Gasteiger partial charge is 0.490 e. The summed E-state index contributed by atoms with van der Waals surface area (Å²) in [4.78, 5) is 18.2. The molecule has 0 spiro atoms. The molecule has 3 aromatic rings. The van der Waals surface area contributed by atoms with Crippen LogP contribution in [0.5, 0.6) is 5.75 Å². The third-order valence-corrected chi connectivity index (χ3v) is 6.84. The molecule has 9 heteroatoms. The molecule has 9 nitrogen and oxygen atoms in total. The van der Waals surface area contributed by atoms with Gasteiger partial charge in [0.15, 0.2) is 0 Å². The lowest BCUT2D eigenvalue weighted by Gasteiger charge is -2.18. The van der Waals surface area contributed by atoms with Crippen LogP contribution in [0.25, 0.3) is 22.8 Å². The van der Waals surface area contributed by atoms with Gasteiger partial charge >= 0.3 is 0 Å². The summed E-state index contributed by atoms with van der Waals surface area (Å²) in [5, 5.41) is 24.1. The number of hydrogen-bond acceptors (Lipinski definition) is 8. The van der Waals surface area contributed by atoms with Crippen LogP contribution in [-0.2, 0) is 24.2 Å². The van der Waals surface area contributed by atoms with E-state index < -0.39 is 18.1 Å². The molecule has 1 unspecified atom stereocenters. The molecule has 4 N–H and O–H groups in total. The lowest BCUT2D eigenvalue weighted by molar-refractivity contribution is -0.127. The first-order valence-electron chi connectivity index (χ1n) is 14.2. The number of aliphatic hydroxyl groups is 2. The van der Waals surface area contributed by atoms with Gasteiger partial charge in [-0.3, -0.25) is 4.79 Å². The van der Waals surface area contributed by atoms with Crippen molar-refractivity contribution in [3.63, 3.8) is 0 Å². The van der Waals surface area contributed by atoms with Gasteiger partial charge < -0.3 is 30.1 Å². The SMILES string of the molecule is CCCCN(C)Cc1cc(CCC)cc(-c2nc(-c3cc(C)c(OC[C@@H](O)CC(O)C(N)=O)c(CC)c3)no2)c1. The topological polar surface area (TPSA) is 135 Å². The van der Waals surface area contributed by atoms with E-state index in [9.17, 15) is 15.0 Å². The number of carbonyl (C=O) groups is 1. The molecule has 2 atom stereocenters. The highest BCUT2D eigenvalue weighted by atomic mass is 16.5. The van der Waals surface area contributed by atoms with Crippen molar-refractivity contribution < 1.29 is 24.3 Å². The van der Waals surface area contributed by atoms with Crippen molar-refractivity contribution in [2.24, 2.45) is 5.73 Å². The minimum Gasteiger partial charge on any atom is -0.490 e. The number of aromatic nitrogens is 2. The van der Waals surface area contributed by atoms with Crippen molar-refractivity contribution in [3.05, 3.63) is 52.6 Å². The number of nitrogens with zero attached hydrogens (tertiary/aromatic N) is 3. The number of hydrogen-bond donors (Lipinski definition) is 3. The van der Waals surface area contributed by atoms with Crippen molar-refractivity contribution in [3.8, 4) is 28.6 Å². The van der Waals surface area contributed by atoms with Crippen LogP contribution >= 0.6 is 0 Å². The van der Waals surface area contributed by atoms with E-state index in [0.717, 1.165) is 48.2 Å². The molecule has 1 aromatic heterocycles. The van der Waals surface area contributed by atoms with Crippen LogP contribution in [0, 0.1) is 6.92 Å². The molecular weight excluding hydrogens is 508 g/mol. The van der Waals surface area contributed by atoms with Crippen LogP contribution in [0.2, 0.25) is 0 Å². The molecule has 0 radical (unpaired) electrons. The zero-order valence-corrected chi connectivity index (χ0v) is 24.4. The second-order valence-electron chi connectivity index (χ2n) is 10.6. The third-order valence-electron chi connectivity index (χ3n) is 6.84. The molecule has 3 rings (SSSR count). The van der Waals surface area contributed by atoms with Crippen LogP contribution in [0.4, 0.5) is 0 Å². The lowest BCUT2D eigenvalue weighted by Crippen LogP contribution is -2.33. The summed E-state index contributed by atoms with van der Waals surface area (Å²) < 4.78 is 11.6. The monoisotopic (exact) mass is 552 g/mol. The Labute approximate surface area is 237 Å². The first kappa shape index (κ1) is 31.3. The predicted molar refractivity (Wildman–Crippen MR) is 156 cm³/mol. The van der Waals surface area contributed by atoms with Gasteiger partial charge in [0.25, 0.3) is 5.89 Å². The van der Waals surface area contributed by atoms with Gasteiger partial charge in [-0.1, -0.05) is 44.8 Å². The Morgan fingerprint density at radius 3 is 2.50 bits per heavy atom. The summed E-state index contributed by atoms with van der Waals surface area (Å²) >= 11 is 0. The van der Waals surface area contributed by atoms with Gasteiger partial charge in [-0.2, -0.15) is 4.98 Å². The van der Waals surface area contributed by atoms with Gasteiger partial charge in [0.1, 0.15) is 18.5 Å². The zero-order chi connectivity index (χ0) is 29.2. The Hall–Kier alpha value is -3.27. The summed E-state index contributed by atoms with van der Waals surface area (Å²) in [6, 6.07) is 10.4. The smallest absolute Gasteiger partial charge is 0.258 e. The fourth-order valence-electron chi connectivity index (χ4n) is 4.75. The van der Waals surface area contributed by atoms with Gasteiger partial charge in [-0.05, 0) is 86.3 Å². The number of ether oxygens (including phenoxy) is 1. The van der Waals surface area contributed by atoms with E-state index >= 15 is 0 Å². The Morgan fingerprint density at radius 2 is 1.82 bits per heavy atom. The van der Waals surface area contributed by atoms with E-state index in [2.05, 4.69) is 49.2 Å². The number of amides is 1. The second kappa shape index (κ2) is 14.9. The Balaban J connectivity index is 1.82. The van der Waals surface area contributed by atoms with E-state index in [1.165, 1.54) is 24.0 Å². The highest BCUT2D eigenvalue weighted by Gasteiger charge is 2.20. The van der Waals surface area contributed by atoms with Crippen molar-refractivity contribution in [1.82, 2.24) is 15.0 Å². The van der Waals surface area contributed by atoms with E-state index in [1.54, 1.807) is 0 Å². The molecule has 0 aliphatic carbocycles. The Kier molecular flexibility index (Phi) is 11.7. The van der Waals surface area contributed by atoms with Gasteiger partial charge in [0.05, 0.1) is 6.10 Å². The highest BCUT2D eigenvalue weighted by molar-refractivity contribution is 5.78. The summed E-state index contributed by atoms with van der Waals surface area (Å²) in [5.41, 5.74) is 11.1. The van der Waals surface area contributed by atoms with E-state index in [0.29, 0.717) is 23.9 Å². The quantitative estimate of drug-likeness (QED) is 0.237. The second-order valence-corrected chi connectivity index (χ2v) is 10.6. The molecule has 0 saturated carbocycles. The van der Waals surface area contributed by atoms with Gasteiger partial charge in [0, 0.05) is 24.1 Å². The number of carbonyl (C=O) groups excluding carboxylic acids is 1. The third kappa shape index (κ3) is 8.61. The molecule has 0 aliphatic heterocycles. The minimum absolute atomic E-state index is 0.0754. The fourth-order valence-corrected chi connectivity index (χ4v) is 4.75. The standard InChI is InChI=1S/C31H44N4O5/c1-6-9-11-35(5)18-22-13-21(10-7-2)14-25(15-22)31-33-30(34-40-31)24-12-20(4)28(23(8-3)16-24)39-19-26(36)17-27(37)29(32)38/h12-16,26-27,36-37H,6-11,17-19H2,1-5H3,(H2,32,38)/t26-,27?/m0/s1. The number of primary amides is 1. The number of rotatable bonds is 16. The number of nitrogens with two attached hydrogens (primary N) is 1. The summed E-state index contributed by atoms with van der Waals surface area (Å²) in [6.07, 6.45) is 2.43. The molecule has 40 heavy (non-hydrogen) atoms. The van der Waals surface area contributed by atoms with Crippen LogP contribution < -0.4 is 10.5 Å². The van der Waals surface area contributed by atoms with Crippen LogP contribution in [0.1, 0.15) is 68.7 Å². The van der Waals surface area contributed by atoms with E-state index in [4.69, 9.17) is 20.0 Å². The maximum Gasteiger partial charge on any atom is 0.258 e. The van der Waals surface area contributed by atoms with Crippen molar-refractivity contribution in [2.75, 3.05) is 20.2 Å². The van der Waals surface area contributed by atoms with Crippen molar-refractivity contribution in [1.29, 1.82) is 0 Å². The lowest BCUT2D eigenvalue weighted by atomic mass is 10.0.